The van der Waals surface area contributed by atoms with Crippen LogP contribution in [0.15, 0.2) is 24.3 Å². The first-order valence-corrected chi connectivity index (χ1v) is 6.31. The third-order valence-electron chi connectivity index (χ3n) is 3.96. The normalized spacial score (nSPS) is 28.0. The van der Waals surface area contributed by atoms with E-state index in [1.807, 2.05) is 25.2 Å². The molecule has 0 saturated carbocycles. The van der Waals surface area contributed by atoms with E-state index in [0.29, 0.717) is 19.3 Å². The Morgan fingerprint density at radius 1 is 1.33 bits per heavy atom. The average Bonchev–Trinajstić information content (AvgIpc) is 2.27. The third-order valence-corrected chi connectivity index (χ3v) is 3.96. The van der Waals surface area contributed by atoms with Crippen molar-refractivity contribution in [1.82, 2.24) is 0 Å². The second kappa shape index (κ2) is 5.85. The highest BCUT2D eigenvalue weighted by molar-refractivity contribution is 5.78. The summed E-state index contributed by atoms with van der Waals surface area (Å²) < 4.78 is 0. The van der Waals surface area contributed by atoms with Gasteiger partial charge in [0.25, 0.3) is 0 Å². The largest absolute Gasteiger partial charge is 0.370 e. The number of rotatable bonds is 6. The van der Waals surface area contributed by atoms with E-state index in [1.165, 1.54) is 0 Å². The molecule has 0 bridgehead atoms. The van der Waals surface area contributed by atoms with Crippen LogP contribution in [0.2, 0.25) is 0 Å². The summed E-state index contributed by atoms with van der Waals surface area (Å²) in [5.41, 5.74) is 10.4. The molecule has 18 heavy (non-hydrogen) atoms. The van der Waals surface area contributed by atoms with Crippen molar-refractivity contribution in [2.45, 2.75) is 33.1 Å². The average molecular weight is 250 g/mol. The zero-order valence-electron chi connectivity index (χ0n) is 11.1. The number of carbonyl (C=O) groups is 2. The second-order valence-electron chi connectivity index (χ2n) is 5.21. The van der Waals surface area contributed by atoms with E-state index in [-0.39, 0.29) is 29.1 Å². The van der Waals surface area contributed by atoms with Gasteiger partial charge in [-0.2, -0.15) is 0 Å². The Kier molecular flexibility index (Phi) is 4.70. The van der Waals surface area contributed by atoms with Gasteiger partial charge in [-0.05, 0) is 18.8 Å². The van der Waals surface area contributed by atoms with Crippen LogP contribution in [0, 0.1) is 17.3 Å². The van der Waals surface area contributed by atoms with Crippen LogP contribution in [0.4, 0.5) is 0 Å². The molecule has 3 atom stereocenters. The zero-order chi connectivity index (χ0) is 13.8. The van der Waals surface area contributed by atoms with E-state index in [9.17, 15) is 9.59 Å². The maximum Gasteiger partial charge on any atom is 0.221 e. The minimum atomic E-state index is -0.337. The van der Waals surface area contributed by atoms with Gasteiger partial charge in [-0.3, -0.25) is 9.59 Å². The van der Waals surface area contributed by atoms with Crippen molar-refractivity contribution in [3.05, 3.63) is 24.3 Å². The lowest BCUT2D eigenvalue weighted by atomic mass is 9.65. The first-order chi connectivity index (χ1) is 8.38. The minimum absolute atomic E-state index is 0.244. The molecule has 0 aliphatic heterocycles. The highest BCUT2D eigenvalue weighted by Gasteiger charge is 2.39. The number of amides is 2. The highest BCUT2D eigenvalue weighted by Crippen LogP contribution is 2.42. The number of nitrogens with two attached hydrogens (primary N) is 2. The molecule has 100 valence electrons. The van der Waals surface area contributed by atoms with Crippen LogP contribution in [-0.2, 0) is 9.59 Å². The molecule has 3 unspecified atom stereocenters. The Hall–Kier alpha value is -1.58. The second-order valence-corrected chi connectivity index (χ2v) is 5.21. The quantitative estimate of drug-likeness (QED) is 0.748. The van der Waals surface area contributed by atoms with Crippen LogP contribution in [0.5, 0.6) is 0 Å². The highest BCUT2D eigenvalue weighted by atomic mass is 16.1. The van der Waals surface area contributed by atoms with Crippen molar-refractivity contribution >= 4 is 11.8 Å². The molecule has 0 saturated heterocycles. The Labute approximate surface area is 108 Å². The summed E-state index contributed by atoms with van der Waals surface area (Å²) >= 11 is 0. The van der Waals surface area contributed by atoms with Gasteiger partial charge in [0, 0.05) is 17.8 Å². The summed E-state index contributed by atoms with van der Waals surface area (Å²) in [6, 6.07) is 0. The van der Waals surface area contributed by atoms with Gasteiger partial charge >= 0.3 is 0 Å². The molecule has 0 fully saturated rings. The van der Waals surface area contributed by atoms with Crippen LogP contribution < -0.4 is 11.5 Å². The first kappa shape index (κ1) is 14.5. The molecular weight excluding hydrogens is 228 g/mol. The van der Waals surface area contributed by atoms with E-state index in [1.54, 1.807) is 0 Å². The fourth-order valence-electron chi connectivity index (χ4n) is 2.53. The lowest BCUT2D eigenvalue weighted by molar-refractivity contribution is -0.126. The summed E-state index contributed by atoms with van der Waals surface area (Å²) in [4.78, 5) is 22.4. The number of primary amides is 2. The predicted molar refractivity (Wildman–Crippen MR) is 71.3 cm³/mol. The van der Waals surface area contributed by atoms with E-state index < -0.39 is 0 Å². The molecule has 1 rings (SSSR count). The van der Waals surface area contributed by atoms with Crippen LogP contribution in [0.3, 0.4) is 0 Å². The van der Waals surface area contributed by atoms with Gasteiger partial charge in [0.1, 0.15) is 0 Å². The third kappa shape index (κ3) is 3.22. The fraction of sp³-hybridized carbons (Fsp3) is 0.571. The monoisotopic (exact) mass is 250 g/mol. The Balaban J connectivity index is 2.78. The molecule has 0 heterocycles. The molecular formula is C14H22N2O2. The smallest absolute Gasteiger partial charge is 0.221 e. The molecule has 1 aliphatic rings. The van der Waals surface area contributed by atoms with Crippen LogP contribution >= 0.6 is 0 Å². The molecule has 0 aromatic carbocycles. The molecule has 4 N–H and O–H groups in total. The topological polar surface area (TPSA) is 86.2 Å². The Bertz CT molecular complexity index is 387. The Morgan fingerprint density at radius 2 is 2.00 bits per heavy atom. The van der Waals surface area contributed by atoms with Crippen molar-refractivity contribution in [3.8, 4) is 0 Å². The predicted octanol–water partition coefficient (Wildman–Crippen LogP) is 1.51. The van der Waals surface area contributed by atoms with Gasteiger partial charge in [0.15, 0.2) is 0 Å². The van der Waals surface area contributed by atoms with Crippen molar-refractivity contribution in [3.63, 3.8) is 0 Å². The fourth-order valence-corrected chi connectivity index (χ4v) is 2.53. The molecule has 0 spiro atoms. The zero-order valence-corrected chi connectivity index (χ0v) is 11.1. The minimum Gasteiger partial charge on any atom is -0.370 e. The number of allylic oxidation sites excluding steroid dienone is 4. The molecule has 4 heteroatoms. The number of carbonyl (C=O) groups excluding carboxylic acids is 2. The summed E-state index contributed by atoms with van der Waals surface area (Å²) in [5, 5.41) is 0. The molecule has 0 aromatic rings. The maximum absolute atomic E-state index is 11.7. The summed E-state index contributed by atoms with van der Waals surface area (Å²) in [6.45, 7) is 4.11. The van der Waals surface area contributed by atoms with Gasteiger partial charge < -0.3 is 11.5 Å². The van der Waals surface area contributed by atoms with Gasteiger partial charge in [0.2, 0.25) is 11.8 Å². The molecule has 0 aromatic heterocycles. The van der Waals surface area contributed by atoms with E-state index >= 15 is 0 Å². The van der Waals surface area contributed by atoms with Gasteiger partial charge in [-0.15, -0.1) is 0 Å². The maximum atomic E-state index is 11.7. The van der Waals surface area contributed by atoms with Crippen LogP contribution in [0.1, 0.15) is 33.1 Å². The molecule has 4 nitrogen and oxygen atoms in total. The van der Waals surface area contributed by atoms with Gasteiger partial charge in [-0.1, -0.05) is 38.2 Å². The van der Waals surface area contributed by atoms with E-state index in [2.05, 4.69) is 13.0 Å². The molecule has 1 aliphatic carbocycles. The lowest BCUT2D eigenvalue weighted by Crippen LogP contribution is -2.40. The van der Waals surface area contributed by atoms with Crippen molar-refractivity contribution in [1.29, 1.82) is 0 Å². The van der Waals surface area contributed by atoms with Crippen LogP contribution in [-0.4, -0.2) is 11.8 Å². The number of hydrogen-bond donors (Lipinski definition) is 2. The summed E-state index contributed by atoms with van der Waals surface area (Å²) in [7, 11) is 0. The number of hydrogen-bond acceptors (Lipinski definition) is 2. The van der Waals surface area contributed by atoms with Gasteiger partial charge in [-0.25, -0.2) is 0 Å². The summed E-state index contributed by atoms with van der Waals surface area (Å²) in [5.74, 6) is -0.675. The van der Waals surface area contributed by atoms with Crippen LogP contribution in [0.25, 0.3) is 0 Å². The van der Waals surface area contributed by atoms with Gasteiger partial charge in [0.05, 0.1) is 0 Å². The standard InChI is InChI=1S/C14H22N2O2/c1-10-6-3-4-9-14(10,2)11(13(16)18)7-5-8-12(15)17/h3-4,6,9-11H,5,7-8H2,1-2H3,(H2,15,17)(H2,16,18). The Morgan fingerprint density at radius 3 is 2.50 bits per heavy atom. The van der Waals surface area contributed by atoms with Crippen molar-refractivity contribution in [2.24, 2.45) is 28.7 Å². The summed E-state index contributed by atoms with van der Waals surface area (Å²) in [6.07, 6.45) is 9.53. The van der Waals surface area contributed by atoms with E-state index in [4.69, 9.17) is 11.5 Å². The molecule has 2 amide bonds. The van der Waals surface area contributed by atoms with Crippen molar-refractivity contribution in [2.75, 3.05) is 0 Å². The molecule has 0 radical (unpaired) electrons. The SMILES string of the molecule is CC1C=CC=CC1(C)C(CCCC(N)=O)C(N)=O. The lowest BCUT2D eigenvalue weighted by Gasteiger charge is -2.39. The van der Waals surface area contributed by atoms with Crippen molar-refractivity contribution < 1.29 is 9.59 Å². The first-order valence-electron chi connectivity index (χ1n) is 6.31. The van der Waals surface area contributed by atoms with E-state index in [0.717, 1.165) is 0 Å².